The number of halogens is 3. The number of rotatable bonds is 8. The van der Waals surface area contributed by atoms with Gasteiger partial charge in [-0.25, -0.2) is 23.7 Å². The minimum Gasteiger partial charge on any atom is -0.434 e. The van der Waals surface area contributed by atoms with Gasteiger partial charge in [0.05, 0.1) is 23.3 Å². The van der Waals surface area contributed by atoms with Crippen LogP contribution in [0.15, 0.2) is 65.2 Å². The Balaban J connectivity index is 1.16. The first kappa shape index (κ1) is 31.7. The highest BCUT2D eigenvalue weighted by Crippen LogP contribution is 2.43. The molecule has 0 radical (unpaired) electrons. The first-order valence-electron chi connectivity index (χ1n) is 16.2. The number of alkyl halides is 2. The van der Waals surface area contributed by atoms with E-state index in [0.29, 0.717) is 63.9 Å². The zero-order valence-corrected chi connectivity index (χ0v) is 27.7. The minimum absolute atomic E-state index is 0.151. The molecule has 0 aliphatic carbocycles. The average Bonchev–Trinajstić information content (AvgIpc) is 3.86. The van der Waals surface area contributed by atoms with Crippen LogP contribution >= 0.6 is 11.6 Å². The van der Waals surface area contributed by atoms with Crippen molar-refractivity contribution >= 4 is 45.2 Å². The van der Waals surface area contributed by atoms with Crippen LogP contribution < -0.4 is 4.90 Å². The maximum absolute atomic E-state index is 14.2. The number of likely N-dealkylation sites (tertiary alicyclic amines) is 1. The standard InChI is InChI=1S/C37H33ClF2N6O3/c1-20-24(5-3-6-25(20)37-43-30-14-21(19-47)13-28(38)33(30)49-37)26-7-4-8-31-27(26)10-12-46(31)36-32-29(42-35(44-36)34(39)40)15-22(16-41-32)17-45-11-9-23(18-45)48-2/h3-8,13-16,23,34,47H,9-12,17-19H2,1-2H3/t23-/m1/s1. The van der Waals surface area contributed by atoms with Gasteiger partial charge in [-0.15, -0.1) is 0 Å². The van der Waals surface area contributed by atoms with Gasteiger partial charge < -0.3 is 19.2 Å². The number of ether oxygens (including phenoxy) is 1. The smallest absolute Gasteiger partial charge is 0.297 e. The fraction of sp³-hybridized carbons (Fsp3) is 0.297. The van der Waals surface area contributed by atoms with E-state index in [1.807, 2.05) is 42.2 Å². The third kappa shape index (κ3) is 5.70. The third-order valence-corrected chi connectivity index (χ3v) is 9.86. The zero-order chi connectivity index (χ0) is 33.8. The van der Waals surface area contributed by atoms with E-state index in [4.69, 9.17) is 30.7 Å². The van der Waals surface area contributed by atoms with E-state index in [1.165, 1.54) is 0 Å². The number of hydrogen-bond acceptors (Lipinski definition) is 9. The molecule has 5 heterocycles. The third-order valence-electron chi connectivity index (χ3n) is 9.58. The second kappa shape index (κ2) is 12.7. The number of fused-ring (bicyclic) bond motifs is 3. The molecule has 0 unspecified atom stereocenters. The molecular weight excluding hydrogens is 650 g/mol. The van der Waals surface area contributed by atoms with Crippen molar-refractivity contribution in [2.24, 2.45) is 0 Å². The Morgan fingerprint density at radius 1 is 1.00 bits per heavy atom. The van der Waals surface area contributed by atoms with Crippen LogP contribution in [0.2, 0.25) is 5.02 Å². The number of anilines is 2. The van der Waals surface area contributed by atoms with E-state index in [9.17, 15) is 13.9 Å². The molecule has 49 heavy (non-hydrogen) atoms. The Morgan fingerprint density at radius 2 is 1.80 bits per heavy atom. The van der Waals surface area contributed by atoms with Gasteiger partial charge in [0.2, 0.25) is 5.89 Å². The van der Waals surface area contributed by atoms with Gasteiger partial charge in [0.1, 0.15) is 11.0 Å². The van der Waals surface area contributed by atoms with E-state index >= 15 is 0 Å². The van der Waals surface area contributed by atoms with E-state index in [0.717, 1.165) is 58.6 Å². The highest BCUT2D eigenvalue weighted by Gasteiger charge is 2.29. The van der Waals surface area contributed by atoms with Crippen molar-refractivity contribution in [3.8, 4) is 22.6 Å². The molecule has 9 nitrogen and oxygen atoms in total. The van der Waals surface area contributed by atoms with Gasteiger partial charge in [-0.05, 0) is 83.5 Å². The molecule has 1 atom stereocenters. The largest absolute Gasteiger partial charge is 0.434 e. The van der Waals surface area contributed by atoms with E-state index in [1.54, 1.807) is 25.4 Å². The van der Waals surface area contributed by atoms with Crippen LogP contribution in [0.3, 0.4) is 0 Å². The number of nitrogens with zero attached hydrogens (tertiary/aromatic N) is 6. The van der Waals surface area contributed by atoms with Crippen LogP contribution in [0.5, 0.6) is 0 Å². The molecule has 250 valence electrons. The van der Waals surface area contributed by atoms with Gasteiger partial charge in [0.25, 0.3) is 6.43 Å². The second-order valence-corrected chi connectivity index (χ2v) is 13.0. The molecule has 2 aliphatic heterocycles. The number of aliphatic hydroxyl groups excluding tert-OH is 1. The zero-order valence-electron chi connectivity index (χ0n) is 27.0. The minimum atomic E-state index is -2.83. The Morgan fingerprint density at radius 3 is 2.59 bits per heavy atom. The normalized spacial score (nSPS) is 16.5. The van der Waals surface area contributed by atoms with E-state index in [2.05, 4.69) is 27.0 Å². The molecule has 0 bridgehead atoms. The number of aromatic nitrogens is 4. The molecule has 8 rings (SSSR count). The van der Waals surface area contributed by atoms with E-state index in [-0.39, 0.29) is 12.7 Å². The molecule has 6 aromatic rings. The van der Waals surface area contributed by atoms with Gasteiger partial charge in [-0.2, -0.15) is 0 Å². The topological polar surface area (TPSA) is 101 Å². The lowest BCUT2D eigenvalue weighted by Crippen LogP contribution is -2.22. The van der Waals surface area contributed by atoms with Crippen molar-refractivity contribution < 1.29 is 23.0 Å². The Labute approximate surface area is 286 Å². The van der Waals surface area contributed by atoms with Gasteiger partial charge in [-0.3, -0.25) is 9.88 Å². The van der Waals surface area contributed by atoms with Crippen molar-refractivity contribution in [1.82, 2.24) is 24.8 Å². The predicted molar refractivity (Wildman–Crippen MR) is 184 cm³/mol. The van der Waals surface area contributed by atoms with Gasteiger partial charge in [0, 0.05) is 50.7 Å². The molecular formula is C37H33ClF2N6O3. The quantitative estimate of drug-likeness (QED) is 0.172. The lowest BCUT2D eigenvalue weighted by Gasteiger charge is -2.21. The highest BCUT2D eigenvalue weighted by atomic mass is 35.5. The summed E-state index contributed by atoms with van der Waals surface area (Å²) >= 11 is 6.44. The number of pyridine rings is 1. The summed E-state index contributed by atoms with van der Waals surface area (Å²) in [5.74, 6) is 0.292. The summed E-state index contributed by atoms with van der Waals surface area (Å²) in [6, 6.07) is 17.3. The Kier molecular flexibility index (Phi) is 8.23. The van der Waals surface area contributed by atoms with Gasteiger partial charge >= 0.3 is 0 Å². The number of benzene rings is 3. The first-order valence-corrected chi connectivity index (χ1v) is 16.6. The maximum Gasteiger partial charge on any atom is 0.297 e. The summed E-state index contributed by atoms with van der Waals surface area (Å²) in [5.41, 5.74) is 9.27. The van der Waals surface area contributed by atoms with Crippen molar-refractivity contribution in [3.63, 3.8) is 0 Å². The molecule has 2 aliphatic rings. The first-order chi connectivity index (χ1) is 23.8. The lowest BCUT2D eigenvalue weighted by atomic mass is 9.92. The second-order valence-electron chi connectivity index (χ2n) is 12.6. The maximum atomic E-state index is 14.2. The fourth-order valence-corrected chi connectivity index (χ4v) is 7.42. The monoisotopic (exact) mass is 682 g/mol. The molecule has 0 saturated carbocycles. The van der Waals surface area contributed by atoms with Crippen molar-refractivity contribution in [1.29, 1.82) is 0 Å². The lowest BCUT2D eigenvalue weighted by molar-refractivity contribution is 0.107. The molecule has 1 saturated heterocycles. The fourth-order valence-electron chi connectivity index (χ4n) is 7.14. The van der Waals surface area contributed by atoms with Gasteiger partial charge in [-0.1, -0.05) is 35.9 Å². The van der Waals surface area contributed by atoms with Crippen molar-refractivity contribution in [2.75, 3.05) is 31.6 Å². The Bertz CT molecular complexity index is 2230. The Hall–Kier alpha value is -4.55. The predicted octanol–water partition coefficient (Wildman–Crippen LogP) is 7.81. The molecule has 0 spiro atoms. The SMILES string of the molecule is CO[C@@H]1CCN(Cc2cnc3c(N4CCc5c(-c6cccc(-c7nc8cc(CO)cc(Cl)c8o7)c6C)cccc54)nc(C(F)F)nc3c2)C1. The molecule has 3 aromatic heterocycles. The molecule has 1 N–H and O–H groups in total. The number of methoxy groups -OCH3 is 1. The summed E-state index contributed by atoms with van der Waals surface area (Å²) in [5, 5.41) is 10.0. The van der Waals surface area contributed by atoms with Crippen LogP contribution in [-0.2, 0) is 24.3 Å². The summed E-state index contributed by atoms with van der Waals surface area (Å²) in [6.07, 6.45) is 0.798. The molecule has 12 heteroatoms. The van der Waals surface area contributed by atoms with Crippen LogP contribution in [0, 0.1) is 6.92 Å². The molecule has 1 fully saturated rings. The molecule has 0 amide bonds. The molecule has 3 aromatic carbocycles. The van der Waals surface area contributed by atoms with Crippen molar-refractivity contribution in [2.45, 2.75) is 45.4 Å². The number of oxazole rings is 1. The highest BCUT2D eigenvalue weighted by molar-refractivity contribution is 6.34. The average molecular weight is 683 g/mol. The summed E-state index contributed by atoms with van der Waals surface area (Å²) in [4.78, 5) is 22.3. The summed E-state index contributed by atoms with van der Waals surface area (Å²) in [6.45, 7) is 4.78. The number of aliphatic hydroxyl groups is 1. The van der Waals surface area contributed by atoms with Crippen LogP contribution in [0.4, 0.5) is 20.3 Å². The van der Waals surface area contributed by atoms with Crippen LogP contribution in [0.1, 0.15) is 40.9 Å². The van der Waals surface area contributed by atoms with E-state index < -0.39 is 12.2 Å². The van der Waals surface area contributed by atoms with Crippen molar-refractivity contribution in [3.05, 3.63) is 93.9 Å². The number of hydrogen-bond donors (Lipinski definition) is 1. The summed E-state index contributed by atoms with van der Waals surface area (Å²) in [7, 11) is 1.72. The summed E-state index contributed by atoms with van der Waals surface area (Å²) < 4.78 is 40.0. The van der Waals surface area contributed by atoms with Crippen LogP contribution in [-0.4, -0.2) is 62.8 Å². The van der Waals surface area contributed by atoms with Crippen LogP contribution in [0.25, 0.3) is 44.7 Å². The van der Waals surface area contributed by atoms with Gasteiger partial charge in [0.15, 0.2) is 17.2 Å².